The Morgan fingerprint density at radius 3 is 1.77 bits per heavy atom. The van der Waals surface area contributed by atoms with Gasteiger partial charge in [0.2, 0.25) is 0 Å². The maximum absolute atomic E-state index is 14.5. The Balaban J connectivity index is 1.29. The Kier molecular flexibility index (Phi) is 10.2. The first-order valence-corrected chi connectivity index (χ1v) is 17.9. The van der Waals surface area contributed by atoms with Gasteiger partial charge in [0, 0.05) is 31.3 Å². The largest absolute Gasteiger partial charge is 0.482 e. The van der Waals surface area contributed by atoms with Crippen molar-refractivity contribution in [2.75, 3.05) is 19.8 Å². The Hall–Kier alpha value is -4.43. The normalized spacial score (nSPS) is 11.6. The van der Waals surface area contributed by atoms with Crippen molar-refractivity contribution in [2.24, 2.45) is 0 Å². The lowest BCUT2D eigenvalue weighted by Gasteiger charge is -2.21. The molecule has 10 heteroatoms. The van der Waals surface area contributed by atoms with Gasteiger partial charge in [0.15, 0.2) is 12.0 Å². The molecule has 0 aliphatic heterocycles. The maximum atomic E-state index is 14.5. The zero-order valence-corrected chi connectivity index (χ0v) is 29.7. The number of hydrogen-bond acceptors (Lipinski definition) is 9. The summed E-state index contributed by atoms with van der Waals surface area (Å²) in [6, 6.07) is 17.9. The highest BCUT2D eigenvalue weighted by Crippen LogP contribution is 2.54. The van der Waals surface area contributed by atoms with Crippen LogP contribution in [0.3, 0.4) is 0 Å². The summed E-state index contributed by atoms with van der Waals surface area (Å²) in [6.45, 7) is 11.4. The second-order valence-corrected chi connectivity index (χ2v) is 15.4. The summed E-state index contributed by atoms with van der Waals surface area (Å²) >= 11 is 1.45. The molecule has 0 spiro atoms. The van der Waals surface area contributed by atoms with Gasteiger partial charge in [-0.2, -0.15) is 0 Å². The van der Waals surface area contributed by atoms with E-state index in [2.05, 4.69) is 0 Å². The van der Waals surface area contributed by atoms with Crippen molar-refractivity contribution in [1.29, 1.82) is 0 Å². The average Bonchev–Trinajstić information content (AvgIpc) is 3.01. The van der Waals surface area contributed by atoms with Crippen LogP contribution in [0.4, 0.5) is 0 Å². The standard InChI is InChI=1S/C38H37O8PS/c1-21-8-11-31-30(18-21)36(40)29-10-9-28(19-32(29)48-31)45-20-33(39)44-12-13-46-47(43,37(41)34-24(4)14-22(2)15-25(34)5)38(42)35-26(6)16-23(3)17-27(35)7/h8-11,14-19H,12-13,20H2,1-7H3. The maximum Gasteiger partial charge on any atom is 0.344 e. The molecule has 48 heavy (non-hydrogen) atoms. The number of fused-ring (bicyclic) bond motifs is 2. The molecular weight excluding hydrogens is 647 g/mol. The Labute approximate surface area is 283 Å². The highest BCUT2D eigenvalue weighted by molar-refractivity contribution is 7.91. The molecule has 0 N–H and O–H groups in total. The van der Waals surface area contributed by atoms with Crippen LogP contribution in [-0.4, -0.2) is 36.8 Å². The van der Waals surface area contributed by atoms with Crippen LogP contribution in [0, 0.1) is 48.5 Å². The molecule has 4 aromatic carbocycles. The predicted molar refractivity (Wildman–Crippen MR) is 190 cm³/mol. The minimum absolute atomic E-state index is 0.0666. The second-order valence-electron chi connectivity index (χ2n) is 12.1. The molecule has 0 amide bonds. The Morgan fingerprint density at radius 1 is 0.646 bits per heavy atom. The van der Waals surface area contributed by atoms with Crippen LogP contribution in [0.15, 0.2) is 65.5 Å². The van der Waals surface area contributed by atoms with E-state index in [1.54, 1.807) is 70.2 Å². The van der Waals surface area contributed by atoms with Crippen molar-refractivity contribution in [3.05, 3.63) is 121 Å². The van der Waals surface area contributed by atoms with E-state index in [0.29, 0.717) is 38.8 Å². The molecule has 0 saturated carbocycles. The number of rotatable bonds is 11. The van der Waals surface area contributed by atoms with Crippen molar-refractivity contribution in [2.45, 2.75) is 48.5 Å². The molecule has 0 fully saturated rings. The van der Waals surface area contributed by atoms with Gasteiger partial charge in [0.05, 0.1) is 6.61 Å². The number of benzene rings is 4. The molecule has 0 unspecified atom stereocenters. The first kappa shape index (κ1) is 34.9. The van der Waals surface area contributed by atoms with Gasteiger partial charge in [-0.05, 0) is 101 Å². The van der Waals surface area contributed by atoms with Crippen molar-refractivity contribution in [1.82, 2.24) is 0 Å². The molecule has 0 radical (unpaired) electrons. The topological polar surface area (TPSA) is 113 Å². The van der Waals surface area contributed by atoms with E-state index >= 15 is 0 Å². The van der Waals surface area contributed by atoms with Gasteiger partial charge in [-0.3, -0.25) is 18.9 Å². The van der Waals surface area contributed by atoms with Gasteiger partial charge in [0.1, 0.15) is 12.4 Å². The van der Waals surface area contributed by atoms with Gasteiger partial charge >= 0.3 is 13.3 Å². The van der Waals surface area contributed by atoms with E-state index in [1.807, 2.05) is 39.0 Å². The summed E-state index contributed by atoms with van der Waals surface area (Å²) < 4.78 is 32.6. The van der Waals surface area contributed by atoms with Gasteiger partial charge in [-0.25, -0.2) is 4.79 Å². The monoisotopic (exact) mass is 684 g/mol. The zero-order chi connectivity index (χ0) is 34.9. The fourth-order valence-electron chi connectivity index (χ4n) is 6.08. The van der Waals surface area contributed by atoms with Crippen LogP contribution >= 0.6 is 18.7 Å². The van der Waals surface area contributed by atoms with Crippen LogP contribution in [0.2, 0.25) is 0 Å². The van der Waals surface area contributed by atoms with Crippen LogP contribution < -0.4 is 10.2 Å². The highest BCUT2D eigenvalue weighted by atomic mass is 32.1. The van der Waals surface area contributed by atoms with Crippen LogP contribution in [-0.2, 0) is 18.6 Å². The summed E-state index contributed by atoms with van der Waals surface area (Å²) in [5.41, 5.74) is 3.68. The fourth-order valence-corrected chi connectivity index (χ4v) is 9.21. The third kappa shape index (κ3) is 7.04. The first-order chi connectivity index (χ1) is 22.7. The fraction of sp³-hybridized carbons (Fsp3) is 0.263. The minimum atomic E-state index is -4.68. The SMILES string of the molecule is Cc1cc(C)c(C(=O)P(=O)(OCCOC(=O)COc2ccc3c(=O)c4cc(C)ccc4sc3c2)C(=O)c2c(C)cc(C)cc2C)c(C)c1. The van der Waals surface area contributed by atoms with E-state index in [0.717, 1.165) is 26.1 Å². The van der Waals surface area contributed by atoms with E-state index in [9.17, 15) is 23.7 Å². The summed E-state index contributed by atoms with van der Waals surface area (Å²) in [6.07, 6.45) is 0. The summed E-state index contributed by atoms with van der Waals surface area (Å²) in [5.74, 6) is -0.352. The lowest BCUT2D eigenvalue weighted by atomic mass is 10.0. The number of esters is 1. The Bertz CT molecular complexity index is 2110. The summed E-state index contributed by atoms with van der Waals surface area (Å²) in [7, 11) is -4.68. The number of ether oxygens (including phenoxy) is 2. The molecule has 8 nitrogen and oxygen atoms in total. The van der Waals surface area contributed by atoms with E-state index in [1.165, 1.54) is 11.3 Å². The van der Waals surface area contributed by atoms with Gasteiger partial charge < -0.3 is 14.0 Å². The lowest BCUT2D eigenvalue weighted by molar-refractivity contribution is -0.146. The molecule has 0 bridgehead atoms. The van der Waals surface area contributed by atoms with Crippen molar-refractivity contribution < 1.29 is 32.9 Å². The van der Waals surface area contributed by atoms with Crippen LogP contribution in [0.1, 0.15) is 59.7 Å². The molecule has 0 atom stereocenters. The third-order valence-corrected chi connectivity index (χ3v) is 11.3. The van der Waals surface area contributed by atoms with Crippen LogP contribution in [0.25, 0.3) is 20.2 Å². The van der Waals surface area contributed by atoms with Crippen molar-refractivity contribution in [3.63, 3.8) is 0 Å². The predicted octanol–water partition coefficient (Wildman–Crippen LogP) is 8.47. The first-order valence-electron chi connectivity index (χ1n) is 15.5. The molecular formula is C38H37O8PS. The van der Waals surface area contributed by atoms with E-state index in [-0.39, 0.29) is 23.2 Å². The lowest BCUT2D eigenvalue weighted by Crippen LogP contribution is -2.21. The number of carbonyl (C=O) groups is 3. The number of hydrogen-bond donors (Lipinski definition) is 0. The van der Waals surface area contributed by atoms with Gasteiger partial charge in [-0.15, -0.1) is 11.3 Å². The minimum Gasteiger partial charge on any atom is -0.482 e. The quantitative estimate of drug-likeness (QED) is 0.0590. The molecule has 5 aromatic rings. The van der Waals surface area contributed by atoms with Crippen molar-refractivity contribution >= 4 is 55.9 Å². The molecule has 5 rings (SSSR count). The van der Waals surface area contributed by atoms with E-state index < -0.39 is 37.6 Å². The highest BCUT2D eigenvalue weighted by Gasteiger charge is 2.45. The molecule has 1 aromatic heterocycles. The zero-order valence-electron chi connectivity index (χ0n) is 28.0. The molecule has 1 heterocycles. The molecule has 0 aliphatic rings. The van der Waals surface area contributed by atoms with E-state index in [4.69, 9.17) is 14.0 Å². The van der Waals surface area contributed by atoms with Gasteiger partial charge in [-0.1, -0.05) is 47.0 Å². The van der Waals surface area contributed by atoms with Gasteiger partial charge in [0.25, 0.3) is 11.0 Å². The molecule has 0 saturated heterocycles. The second kappa shape index (κ2) is 14.0. The molecule has 248 valence electrons. The third-order valence-electron chi connectivity index (χ3n) is 8.09. The number of aryl methyl sites for hydroxylation is 7. The van der Waals surface area contributed by atoms with Crippen molar-refractivity contribution in [3.8, 4) is 5.75 Å². The van der Waals surface area contributed by atoms with Crippen LogP contribution in [0.5, 0.6) is 5.75 Å². The smallest absolute Gasteiger partial charge is 0.344 e. The molecule has 0 aliphatic carbocycles. The Morgan fingerprint density at radius 2 is 1.21 bits per heavy atom. The average molecular weight is 685 g/mol. The summed E-state index contributed by atoms with van der Waals surface area (Å²) in [4.78, 5) is 53.5. The number of carbonyl (C=O) groups excluding carboxylic acids is 3. The summed E-state index contributed by atoms with van der Waals surface area (Å²) in [5, 5.41) is 1.22.